The normalized spacial score (nSPS) is 11.1. The highest BCUT2D eigenvalue weighted by Crippen LogP contribution is 1.98. The first kappa shape index (κ1) is 7.34. The van der Waals surface area contributed by atoms with Gasteiger partial charge < -0.3 is 9.47 Å². The highest BCUT2D eigenvalue weighted by molar-refractivity contribution is 4.84. The quantitative estimate of drug-likeness (QED) is 0.520. The lowest BCUT2D eigenvalue weighted by Gasteiger charge is -1.99. The molecule has 0 unspecified atom stereocenters. The van der Waals surface area contributed by atoms with Gasteiger partial charge in [-0.1, -0.05) is 6.92 Å². The van der Waals surface area contributed by atoms with Crippen LogP contribution in [0.4, 0.5) is 0 Å². The predicted molar refractivity (Wildman–Crippen MR) is 32.4 cm³/mol. The molecular weight excluding hydrogens is 104 g/mol. The lowest BCUT2D eigenvalue weighted by Crippen LogP contribution is -1.83. The van der Waals surface area contributed by atoms with E-state index in [1.807, 2.05) is 6.92 Å². The van der Waals surface area contributed by atoms with Crippen molar-refractivity contribution in [3.63, 3.8) is 0 Å². The van der Waals surface area contributed by atoms with Gasteiger partial charge in [0.15, 0.2) is 0 Å². The molecule has 0 bridgehead atoms. The van der Waals surface area contributed by atoms with E-state index in [0.717, 1.165) is 12.2 Å². The zero-order chi connectivity index (χ0) is 6.41. The smallest absolute Gasteiger partial charge is 0.130 e. The van der Waals surface area contributed by atoms with Crippen LogP contribution in [-0.4, -0.2) is 14.2 Å². The van der Waals surface area contributed by atoms with E-state index in [4.69, 9.17) is 9.47 Å². The topological polar surface area (TPSA) is 18.5 Å². The molecule has 2 nitrogen and oxygen atoms in total. The third-order valence-electron chi connectivity index (χ3n) is 0.860. The highest BCUT2D eigenvalue weighted by atomic mass is 16.5. The van der Waals surface area contributed by atoms with Crippen LogP contribution in [0.5, 0.6) is 0 Å². The van der Waals surface area contributed by atoms with Crippen molar-refractivity contribution in [1.82, 2.24) is 0 Å². The second kappa shape index (κ2) is 4.50. The number of hydrogen-bond donors (Lipinski definition) is 0. The molecule has 8 heavy (non-hydrogen) atoms. The lowest BCUT2D eigenvalue weighted by molar-refractivity contribution is 0.241. The molecule has 0 radical (unpaired) electrons. The van der Waals surface area contributed by atoms with Gasteiger partial charge in [-0.3, -0.25) is 0 Å². The monoisotopic (exact) mass is 116 g/mol. The van der Waals surface area contributed by atoms with Gasteiger partial charge in [-0.05, 0) is 0 Å². The summed E-state index contributed by atoms with van der Waals surface area (Å²) in [5, 5.41) is 0. The Labute approximate surface area is 50.1 Å². The molecule has 0 fully saturated rings. The Balaban J connectivity index is 3.49. The van der Waals surface area contributed by atoms with Gasteiger partial charge in [-0.15, -0.1) is 0 Å². The second-order valence-electron chi connectivity index (χ2n) is 1.38. The SMILES string of the molecule is CCC(=COC)OC. The van der Waals surface area contributed by atoms with Crippen molar-refractivity contribution < 1.29 is 9.47 Å². The fraction of sp³-hybridized carbons (Fsp3) is 0.667. The Morgan fingerprint density at radius 2 is 2.12 bits per heavy atom. The summed E-state index contributed by atoms with van der Waals surface area (Å²) in [6.45, 7) is 2.01. The van der Waals surface area contributed by atoms with E-state index in [0.29, 0.717) is 0 Å². The van der Waals surface area contributed by atoms with Crippen molar-refractivity contribution >= 4 is 0 Å². The summed E-state index contributed by atoms with van der Waals surface area (Å²) < 4.78 is 9.57. The van der Waals surface area contributed by atoms with Gasteiger partial charge in [0, 0.05) is 6.42 Å². The Morgan fingerprint density at radius 3 is 2.25 bits per heavy atom. The van der Waals surface area contributed by atoms with Crippen molar-refractivity contribution in [2.45, 2.75) is 13.3 Å². The van der Waals surface area contributed by atoms with Crippen molar-refractivity contribution in [3.8, 4) is 0 Å². The number of ether oxygens (including phenoxy) is 2. The second-order valence-corrected chi connectivity index (χ2v) is 1.38. The molecule has 0 aromatic heterocycles. The zero-order valence-electron chi connectivity index (χ0n) is 5.60. The molecule has 0 rings (SSSR count). The van der Waals surface area contributed by atoms with Gasteiger partial charge in [0.05, 0.1) is 14.2 Å². The Bertz CT molecular complexity index is 70.6. The average Bonchev–Trinajstić information content (AvgIpc) is 1.83. The van der Waals surface area contributed by atoms with E-state index in [-0.39, 0.29) is 0 Å². The van der Waals surface area contributed by atoms with Crippen molar-refractivity contribution in [1.29, 1.82) is 0 Å². The van der Waals surface area contributed by atoms with Crippen LogP contribution in [0.1, 0.15) is 13.3 Å². The van der Waals surface area contributed by atoms with E-state index in [9.17, 15) is 0 Å². The summed E-state index contributed by atoms with van der Waals surface area (Å²) >= 11 is 0. The van der Waals surface area contributed by atoms with E-state index in [1.54, 1.807) is 20.5 Å². The van der Waals surface area contributed by atoms with Crippen molar-refractivity contribution in [2.75, 3.05) is 14.2 Å². The summed E-state index contributed by atoms with van der Waals surface area (Å²) in [6, 6.07) is 0. The van der Waals surface area contributed by atoms with Gasteiger partial charge >= 0.3 is 0 Å². The van der Waals surface area contributed by atoms with Gasteiger partial charge in [0.1, 0.15) is 12.0 Å². The van der Waals surface area contributed by atoms with Crippen LogP contribution in [0.25, 0.3) is 0 Å². The van der Waals surface area contributed by atoms with Crippen LogP contribution in [-0.2, 0) is 9.47 Å². The molecule has 0 aromatic rings. The van der Waals surface area contributed by atoms with Crippen LogP contribution < -0.4 is 0 Å². The Hall–Kier alpha value is -0.660. The molecule has 0 aliphatic heterocycles. The first-order valence-electron chi connectivity index (χ1n) is 2.61. The van der Waals surface area contributed by atoms with Crippen LogP contribution in [0, 0.1) is 0 Å². The van der Waals surface area contributed by atoms with Crippen LogP contribution in [0.15, 0.2) is 12.0 Å². The molecule has 0 aliphatic rings. The molecule has 0 amide bonds. The number of rotatable bonds is 3. The molecule has 0 saturated heterocycles. The molecule has 0 aromatic carbocycles. The summed E-state index contributed by atoms with van der Waals surface area (Å²) in [6.07, 6.45) is 2.48. The molecular formula is C6H12O2. The lowest BCUT2D eigenvalue weighted by atomic mass is 10.4. The molecule has 0 N–H and O–H groups in total. The zero-order valence-corrected chi connectivity index (χ0v) is 5.60. The van der Waals surface area contributed by atoms with E-state index < -0.39 is 0 Å². The van der Waals surface area contributed by atoms with Crippen molar-refractivity contribution in [2.24, 2.45) is 0 Å². The largest absolute Gasteiger partial charge is 0.501 e. The Morgan fingerprint density at radius 1 is 1.50 bits per heavy atom. The standard InChI is InChI=1S/C6H12O2/c1-4-6(8-3)5-7-2/h5H,4H2,1-3H3. The molecule has 0 saturated carbocycles. The fourth-order valence-corrected chi connectivity index (χ4v) is 0.407. The van der Waals surface area contributed by atoms with Gasteiger partial charge in [0.2, 0.25) is 0 Å². The number of allylic oxidation sites excluding steroid dienone is 1. The third-order valence-corrected chi connectivity index (χ3v) is 0.860. The van der Waals surface area contributed by atoms with Gasteiger partial charge in [-0.25, -0.2) is 0 Å². The summed E-state index contributed by atoms with van der Waals surface area (Å²) in [5.74, 6) is 0.868. The molecule has 0 heterocycles. The molecule has 2 heteroatoms. The van der Waals surface area contributed by atoms with E-state index in [2.05, 4.69) is 0 Å². The van der Waals surface area contributed by atoms with Crippen LogP contribution in [0.2, 0.25) is 0 Å². The van der Waals surface area contributed by atoms with E-state index >= 15 is 0 Å². The maximum atomic E-state index is 4.88. The maximum absolute atomic E-state index is 4.88. The minimum absolute atomic E-state index is 0.868. The molecule has 0 atom stereocenters. The summed E-state index contributed by atoms with van der Waals surface area (Å²) in [4.78, 5) is 0. The third kappa shape index (κ3) is 2.50. The number of methoxy groups -OCH3 is 2. The summed E-state index contributed by atoms with van der Waals surface area (Å²) in [7, 11) is 3.24. The first-order valence-corrected chi connectivity index (χ1v) is 2.61. The maximum Gasteiger partial charge on any atom is 0.130 e. The summed E-state index contributed by atoms with van der Waals surface area (Å²) in [5.41, 5.74) is 0. The average molecular weight is 116 g/mol. The van der Waals surface area contributed by atoms with Crippen molar-refractivity contribution in [3.05, 3.63) is 12.0 Å². The van der Waals surface area contributed by atoms with Crippen LogP contribution in [0.3, 0.4) is 0 Å². The minimum Gasteiger partial charge on any atom is -0.501 e. The molecule has 0 spiro atoms. The van der Waals surface area contributed by atoms with Gasteiger partial charge in [0.25, 0.3) is 0 Å². The van der Waals surface area contributed by atoms with E-state index in [1.165, 1.54) is 0 Å². The van der Waals surface area contributed by atoms with Crippen LogP contribution >= 0.6 is 0 Å². The fourth-order valence-electron chi connectivity index (χ4n) is 0.407. The first-order chi connectivity index (χ1) is 3.85. The Kier molecular flexibility index (Phi) is 4.13. The van der Waals surface area contributed by atoms with Gasteiger partial charge in [-0.2, -0.15) is 0 Å². The molecule has 48 valence electrons. The number of hydrogen-bond acceptors (Lipinski definition) is 2. The highest BCUT2D eigenvalue weighted by Gasteiger charge is 1.86. The molecule has 0 aliphatic carbocycles. The minimum atomic E-state index is 0.868. The predicted octanol–water partition coefficient (Wildman–Crippen LogP) is 1.53.